The van der Waals surface area contributed by atoms with Crippen molar-refractivity contribution in [1.29, 1.82) is 0 Å². The molecule has 0 saturated carbocycles. The number of rotatable bonds is 2. The zero-order chi connectivity index (χ0) is 13.9. The first-order valence-electron chi connectivity index (χ1n) is 6.91. The maximum Gasteiger partial charge on any atom is 0.255 e. The molecule has 2 aromatic rings. The molecule has 102 valence electrons. The fourth-order valence-corrected chi connectivity index (χ4v) is 2.74. The first-order valence-corrected chi connectivity index (χ1v) is 7.29. The first-order chi connectivity index (χ1) is 9.72. The normalized spacial score (nSPS) is 13.7. The lowest BCUT2D eigenvalue weighted by molar-refractivity contribution is 0.102. The van der Waals surface area contributed by atoms with Gasteiger partial charge in [-0.15, -0.1) is 0 Å². The Bertz CT molecular complexity index is 634. The van der Waals surface area contributed by atoms with Gasteiger partial charge in [0.25, 0.3) is 5.91 Å². The average Bonchev–Trinajstić information content (AvgIpc) is 2.49. The van der Waals surface area contributed by atoms with Crippen LogP contribution in [0.4, 0.5) is 5.69 Å². The van der Waals surface area contributed by atoms with Crippen molar-refractivity contribution in [3.8, 4) is 0 Å². The number of anilines is 1. The van der Waals surface area contributed by atoms with Gasteiger partial charge >= 0.3 is 0 Å². The number of hydrogen-bond acceptors (Lipinski definition) is 1. The number of halogens is 1. The van der Waals surface area contributed by atoms with Gasteiger partial charge in [0.15, 0.2) is 0 Å². The summed E-state index contributed by atoms with van der Waals surface area (Å²) in [5, 5.41) is 3.56. The highest BCUT2D eigenvalue weighted by Crippen LogP contribution is 2.23. The summed E-state index contributed by atoms with van der Waals surface area (Å²) in [7, 11) is 0. The summed E-state index contributed by atoms with van der Waals surface area (Å²) in [6, 6.07) is 13.2. The van der Waals surface area contributed by atoms with Crippen molar-refractivity contribution >= 4 is 23.2 Å². The number of nitrogens with one attached hydrogen (secondary N) is 1. The lowest BCUT2D eigenvalue weighted by Gasteiger charge is -2.16. The summed E-state index contributed by atoms with van der Waals surface area (Å²) >= 11 is 5.83. The first kappa shape index (κ1) is 13.2. The van der Waals surface area contributed by atoms with Gasteiger partial charge in [-0.25, -0.2) is 0 Å². The smallest absolute Gasteiger partial charge is 0.255 e. The van der Waals surface area contributed by atoms with Crippen LogP contribution in [0.15, 0.2) is 42.5 Å². The average molecular weight is 286 g/mol. The molecule has 0 atom stereocenters. The second kappa shape index (κ2) is 5.68. The SMILES string of the molecule is O=C(Nc1ccc(Cl)cc1)c1ccc2c(c1)CCCC2. The number of hydrogen-bond donors (Lipinski definition) is 1. The lowest BCUT2D eigenvalue weighted by atomic mass is 9.90. The summed E-state index contributed by atoms with van der Waals surface area (Å²) in [5.41, 5.74) is 4.19. The third-order valence-electron chi connectivity index (χ3n) is 3.71. The molecule has 0 saturated heterocycles. The molecule has 0 fully saturated rings. The minimum atomic E-state index is -0.0688. The van der Waals surface area contributed by atoms with E-state index in [9.17, 15) is 4.79 Å². The van der Waals surface area contributed by atoms with Crippen LogP contribution in [0.5, 0.6) is 0 Å². The molecule has 1 N–H and O–H groups in total. The van der Waals surface area contributed by atoms with Crippen LogP contribution in [0.3, 0.4) is 0 Å². The van der Waals surface area contributed by atoms with Crippen molar-refractivity contribution in [1.82, 2.24) is 0 Å². The largest absolute Gasteiger partial charge is 0.322 e. The molecule has 0 aliphatic heterocycles. The van der Waals surface area contributed by atoms with Crippen molar-refractivity contribution < 1.29 is 4.79 Å². The predicted molar refractivity (Wildman–Crippen MR) is 82.5 cm³/mol. The molecule has 2 nitrogen and oxygen atoms in total. The lowest BCUT2D eigenvalue weighted by Crippen LogP contribution is -2.13. The molecule has 20 heavy (non-hydrogen) atoms. The molecule has 0 unspecified atom stereocenters. The van der Waals surface area contributed by atoms with Gasteiger partial charge in [-0.3, -0.25) is 4.79 Å². The molecule has 2 aromatic carbocycles. The van der Waals surface area contributed by atoms with Crippen molar-refractivity contribution in [3.05, 3.63) is 64.2 Å². The van der Waals surface area contributed by atoms with Crippen LogP contribution in [0.2, 0.25) is 5.02 Å². The van der Waals surface area contributed by atoms with Crippen molar-refractivity contribution in [2.75, 3.05) is 5.32 Å². The Morgan fingerprint density at radius 1 is 0.950 bits per heavy atom. The fraction of sp³-hybridized carbons (Fsp3) is 0.235. The predicted octanol–water partition coefficient (Wildman–Crippen LogP) is 4.47. The monoisotopic (exact) mass is 285 g/mol. The zero-order valence-corrected chi connectivity index (χ0v) is 11.9. The Labute approximate surface area is 123 Å². The van der Waals surface area contributed by atoms with Crippen LogP contribution in [-0.2, 0) is 12.8 Å². The molecule has 0 heterocycles. The van der Waals surface area contributed by atoms with Crippen LogP contribution in [0, 0.1) is 0 Å². The molecule has 1 amide bonds. The Morgan fingerprint density at radius 3 is 2.40 bits per heavy atom. The minimum absolute atomic E-state index is 0.0688. The number of carbonyl (C=O) groups excluding carboxylic acids is 1. The topological polar surface area (TPSA) is 29.1 Å². The molecular formula is C17H16ClNO. The number of carbonyl (C=O) groups is 1. The van der Waals surface area contributed by atoms with E-state index in [1.165, 1.54) is 24.0 Å². The molecule has 0 radical (unpaired) electrons. The quantitative estimate of drug-likeness (QED) is 0.866. The van der Waals surface area contributed by atoms with Gasteiger partial charge in [-0.1, -0.05) is 17.7 Å². The highest BCUT2D eigenvalue weighted by Gasteiger charge is 2.12. The minimum Gasteiger partial charge on any atom is -0.322 e. The fourth-order valence-electron chi connectivity index (χ4n) is 2.61. The second-order valence-electron chi connectivity index (χ2n) is 5.15. The molecule has 3 rings (SSSR count). The molecule has 0 aromatic heterocycles. The van der Waals surface area contributed by atoms with Crippen molar-refractivity contribution in [2.24, 2.45) is 0 Å². The zero-order valence-electron chi connectivity index (χ0n) is 11.2. The van der Waals surface area contributed by atoms with Crippen LogP contribution < -0.4 is 5.32 Å². The van der Waals surface area contributed by atoms with Crippen LogP contribution in [0.1, 0.15) is 34.3 Å². The van der Waals surface area contributed by atoms with E-state index in [1.807, 2.05) is 12.1 Å². The highest BCUT2D eigenvalue weighted by molar-refractivity contribution is 6.30. The molecule has 1 aliphatic rings. The van der Waals surface area contributed by atoms with Crippen LogP contribution in [0.25, 0.3) is 0 Å². The van der Waals surface area contributed by atoms with E-state index in [-0.39, 0.29) is 5.91 Å². The van der Waals surface area contributed by atoms with Gasteiger partial charge in [-0.2, -0.15) is 0 Å². The third-order valence-corrected chi connectivity index (χ3v) is 3.96. The standard InChI is InChI=1S/C17H16ClNO/c18-15-7-9-16(10-8-15)19-17(20)14-6-5-12-3-1-2-4-13(12)11-14/h5-11H,1-4H2,(H,19,20). The Morgan fingerprint density at radius 2 is 1.65 bits per heavy atom. The number of aryl methyl sites for hydroxylation is 2. The second-order valence-corrected chi connectivity index (χ2v) is 5.59. The Kier molecular flexibility index (Phi) is 3.75. The van der Waals surface area contributed by atoms with E-state index in [1.54, 1.807) is 24.3 Å². The number of amides is 1. The van der Waals surface area contributed by atoms with Crippen molar-refractivity contribution in [2.45, 2.75) is 25.7 Å². The summed E-state index contributed by atoms with van der Waals surface area (Å²) < 4.78 is 0. The van der Waals surface area contributed by atoms with Gasteiger partial charge in [0.1, 0.15) is 0 Å². The summed E-state index contributed by atoms with van der Waals surface area (Å²) in [6.07, 6.45) is 4.68. The maximum atomic E-state index is 12.2. The molecule has 0 spiro atoms. The van der Waals surface area contributed by atoms with Crippen LogP contribution in [-0.4, -0.2) is 5.91 Å². The summed E-state index contributed by atoms with van der Waals surface area (Å²) in [6.45, 7) is 0. The van der Waals surface area contributed by atoms with Gasteiger partial charge in [-0.05, 0) is 73.2 Å². The Balaban J connectivity index is 1.78. The highest BCUT2D eigenvalue weighted by atomic mass is 35.5. The van der Waals surface area contributed by atoms with Crippen LogP contribution >= 0.6 is 11.6 Å². The third kappa shape index (κ3) is 2.86. The molecule has 3 heteroatoms. The van der Waals surface area contributed by atoms with E-state index in [4.69, 9.17) is 11.6 Å². The van der Waals surface area contributed by atoms with E-state index < -0.39 is 0 Å². The van der Waals surface area contributed by atoms with E-state index in [2.05, 4.69) is 11.4 Å². The number of benzene rings is 2. The summed E-state index contributed by atoms with van der Waals surface area (Å²) in [4.78, 5) is 12.2. The number of fused-ring (bicyclic) bond motifs is 1. The Hall–Kier alpha value is -1.80. The summed E-state index contributed by atoms with van der Waals surface area (Å²) in [5.74, 6) is -0.0688. The van der Waals surface area contributed by atoms with Gasteiger partial charge in [0, 0.05) is 16.3 Å². The van der Waals surface area contributed by atoms with E-state index >= 15 is 0 Å². The van der Waals surface area contributed by atoms with Crippen molar-refractivity contribution in [3.63, 3.8) is 0 Å². The van der Waals surface area contributed by atoms with E-state index in [0.717, 1.165) is 24.1 Å². The molecule has 0 bridgehead atoms. The molecular weight excluding hydrogens is 270 g/mol. The van der Waals surface area contributed by atoms with Gasteiger partial charge < -0.3 is 5.32 Å². The van der Waals surface area contributed by atoms with Gasteiger partial charge in [0.05, 0.1) is 0 Å². The van der Waals surface area contributed by atoms with Gasteiger partial charge in [0.2, 0.25) is 0 Å². The van der Waals surface area contributed by atoms with E-state index in [0.29, 0.717) is 5.02 Å². The molecule has 1 aliphatic carbocycles. The maximum absolute atomic E-state index is 12.2.